The fourth-order valence-corrected chi connectivity index (χ4v) is 1.96. The van der Waals surface area contributed by atoms with Crippen LogP contribution in [0.25, 0.3) is 0 Å². The van der Waals surface area contributed by atoms with E-state index in [2.05, 4.69) is 11.9 Å². The van der Waals surface area contributed by atoms with Gasteiger partial charge in [-0.1, -0.05) is 31.7 Å². The van der Waals surface area contributed by atoms with Crippen LogP contribution in [0.1, 0.15) is 23.7 Å². The number of ether oxygens (including phenoxy) is 2. The highest BCUT2D eigenvalue weighted by molar-refractivity contribution is 6.05. The third-order valence-electron chi connectivity index (χ3n) is 3.08. The van der Waals surface area contributed by atoms with Gasteiger partial charge in [-0.2, -0.15) is 0 Å². The molecule has 0 unspecified atom stereocenters. The molecule has 0 aliphatic carbocycles. The van der Waals surface area contributed by atoms with Crippen molar-refractivity contribution >= 4 is 11.6 Å². The van der Waals surface area contributed by atoms with Gasteiger partial charge in [0.1, 0.15) is 18.1 Å². The minimum atomic E-state index is -0.193. The van der Waals surface area contributed by atoms with Crippen molar-refractivity contribution in [3.8, 4) is 11.5 Å². The summed E-state index contributed by atoms with van der Waals surface area (Å²) in [6.07, 6.45) is 2.61. The molecule has 2 aromatic rings. The fourth-order valence-electron chi connectivity index (χ4n) is 1.96. The molecule has 0 saturated heterocycles. The zero-order valence-electron chi connectivity index (χ0n) is 13.2. The molecule has 0 spiro atoms. The van der Waals surface area contributed by atoms with Gasteiger partial charge in [0.05, 0.1) is 12.3 Å². The van der Waals surface area contributed by atoms with Crippen LogP contribution >= 0.6 is 0 Å². The first-order chi connectivity index (χ1) is 11.2. The van der Waals surface area contributed by atoms with Gasteiger partial charge < -0.3 is 14.8 Å². The Labute approximate surface area is 136 Å². The lowest BCUT2D eigenvalue weighted by Gasteiger charge is -2.11. The Morgan fingerprint density at radius 2 is 1.87 bits per heavy atom. The lowest BCUT2D eigenvalue weighted by molar-refractivity contribution is 0.102. The summed E-state index contributed by atoms with van der Waals surface area (Å²) in [5.74, 6) is 1.18. The molecule has 23 heavy (non-hydrogen) atoms. The molecule has 0 heterocycles. The van der Waals surface area contributed by atoms with Crippen LogP contribution in [0.4, 0.5) is 5.69 Å². The SMILES string of the molecule is C=CCOc1ccccc1NC(=O)c1ccc(OCCC)cc1. The van der Waals surface area contributed by atoms with Crippen molar-refractivity contribution in [1.29, 1.82) is 0 Å². The van der Waals surface area contributed by atoms with Gasteiger partial charge in [0.2, 0.25) is 0 Å². The molecule has 0 bridgehead atoms. The maximum absolute atomic E-state index is 12.3. The van der Waals surface area contributed by atoms with Gasteiger partial charge in [0.25, 0.3) is 5.91 Å². The fraction of sp³-hybridized carbons (Fsp3) is 0.211. The van der Waals surface area contributed by atoms with Crippen LogP contribution in [-0.4, -0.2) is 19.1 Å². The number of rotatable bonds is 8. The van der Waals surface area contributed by atoms with E-state index in [1.807, 2.05) is 19.1 Å². The molecule has 120 valence electrons. The normalized spacial score (nSPS) is 9.96. The van der Waals surface area contributed by atoms with Crippen LogP contribution in [0.3, 0.4) is 0 Å². The van der Waals surface area contributed by atoms with Crippen molar-refractivity contribution in [2.45, 2.75) is 13.3 Å². The summed E-state index contributed by atoms with van der Waals surface area (Å²) in [6, 6.07) is 14.4. The number of amides is 1. The predicted octanol–water partition coefficient (Wildman–Crippen LogP) is 4.29. The maximum atomic E-state index is 12.3. The van der Waals surface area contributed by atoms with Crippen LogP contribution < -0.4 is 14.8 Å². The molecule has 2 aromatic carbocycles. The summed E-state index contributed by atoms with van der Waals surface area (Å²) in [6.45, 7) is 6.72. The molecule has 0 fully saturated rings. The first-order valence-electron chi connectivity index (χ1n) is 7.61. The third-order valence-corrected chi connectivity index (χ3v) is 3.08. The van der Waals surface area contributed by atoms with E-state index in [0.717, 1.165) is 12.2 Å². The number of benzene rings is 2. The van der Waals surface area contributed by atoms with E-state index in [0.29, 0.717) is 30.2 Å². The number of carbonyl (C=O) groups is 1. The van der Waals surface area contributed by atoms with Crippen LogP contribution in [0.5, 0.6) is 11.5 Å². The Hall–Kier alpha value is -2.75. The van der Waals surface area contributed by atoms with E-state index < -0.39 is 0 Å². The van der Waals surface area contributed by atoms with E-state index in [1.165, 1.54) is 0 Å². The van der Waals surface area contributed by atoms with Gasteiger partial charge in [-0.25, -0.2) is 0 Å². The zero-order valence-corrected chi connectivity index (χ0v) is 13.2. The van der Waals surface area contributed by atoms with Gasteiger partial charge in [0, 0.05) is 5.56 Å². The number of para-hydroxylation sites is 2. The van der Waals surface area contributed by atoms with Gasteiger partial charge in [-0.15, -0.1) is 0 Å². The Morgan fingerprint density at radius 1 is 1.13 bits per heavy atom. The standard InChI is InChI=1S/C19H21NO3/c1-3-13-22-16-11-9-15(10-12-16)19(21)20-17-7-5-6-8-18(17)23-14-4-2/h4-12H,2-3,13-14H2,1H3,(H,20,21). The summed E-state index contributed by atoms with van der Waals surface area (Å²) in [7, 11) is 0. The highest BCUT2D eigenvalue weighted by atomic mass is 16.5. The molecule has 0 aromatic heterocycles. The Balaban J connectivity index is 2.05. The second-order valence-electron chi connectivity index (χ2n) is 4.92. The molecule has 0 aliphatic heterocycles. The van der Waals surface area contributed by atoms with Crippen LogP contribution in [-0.2, 0) is 0 Å². The minimum Gasteiger partial charge on any atom is -0.494 e. The largest absolute Gasteiger partial charge is 0.494 e. The topological polar surface area (TPSA) is 47.6 Å². The molecule has 2 rings (SSSR count). The molecule has 1 N–H and O–H groups in total. The summed E-state index contributed by atoms with van der Waals surface area (Å²) >= 11 is 0. The Morgan fingerprint density at radius 3 is 2.57 bits per heavy atom. The number of carbonyl (C=O) groups excluding carboxylic acids is 1. The first kappa shape index (κ1) is 16.6. The van der Waals surface area contributed by atoms with Gasteiger partial charge in [-0.05, 0) is 42.8 Å². The van der Waals surface area contributed by atoms with Crippen molar-refractivity contribution in [2.24, 2.45) is 0 Å². The van der Waals surface area contributed by atoms with Crippen molar-refractivity contribution in [3.05, 3.63) is 66.7 Å². The maximum Gasteiger partial charge on any atom is 0.255 e. The molecule has 0 saturated carbocycles. The summed E-state index contributed by atoms with van der Waals surface area (Å²) in [5, 5.41) is 2.86. The Bertz CT molecular complexity index is 650. The number of nitrogens with one attached hydrogen (secondary N) is 1. The predicted molar refractivity (Wildman–Crippen MR) is 92.3 cm³/mol. The van der Waals surface area contributed by atoms with Crippen molar-refractivity contribution < 1.29 is 14.3 Å². The smallest absolute Gasteiger partial charge is 0.255 e. The molecule has 0 radical (unpaired) electrons. The number of hydrogen-bond donors (Lipinski definition) is 1. The molecule has 1 amide bonds. The first-order valence-corrected chi connectivity index (χ1v) is 7.61. The van der Waals surface area contributed by atoms with E-state index in [9.17, 15) is 4.79 Å². The molecular weight excluding hydrogens is 290 g/mol. The molecular formula is C19H21NO3. The molecule has 0 atom stereocenters. The van der Waals surface area contributed by atoms with E-state index in [-0.39, 0.29) is 5.91 Å². The van der Waals surface area contributed by atoms with E-state index in [4.69, 9.17) is 9.47 Å². The molecule has 4 heteroatoms. The minimum absolute atomic E-state index is 0.193. The van der Waals surface area contributed by atoms with Gasteiger partial charge >= 0.3 is 0 Å². The lowest BCUT2D eigenvalue weighted by Crippen LogP contribution is -2.13. The lowest BCUT2D eigenvalue weighted by atomic mass is 10.2. The molecule has 4 nitrogen and oxygen atoms in total. The van der Waals surface area contributed by atoms with E-state index >= 15 is 0 Å². The van der Waals surface area contributed by atoms with Crippen molar-refractivity contribution in [1.82, 2.24) is 0 Å². The quantitative estimate of drug-likeness (QED) is 0.740. The van der Waals surface area contributed by atoms with Gasteiger partial charge in [-0.3, -0.25) is 4.79 Å². The van der Waals surface area contributed by atoms with Crippen molar-refractivity contribution in [2.75, 3.05) is 18.5 Å². The van der Waals surface area contributed by atoms with Crippen molar-refractivity contribution in [3.63, 3.8) is 0 Å². The third kappa shape index (κ3) is 4.88. The summed E-state index contributed by atoms with van der Waals surface area (Å²) < 4.78 is 11.0. The average molecular weight is 311 g/mol. The monoisotopic (exact) mass is 311 g/mol. The highest BCUT2D eigenvalue weighted by Gasteiger charge is 2.09. The zero-order chi connectivity index (χ0) is 16.5. The highest BCUT2D eigenvalue weighted by Crippen LogP contribution is 2.24. The van der Waals surface area contributed by atoms with E-state index in [1.54, 1.807) is 42.5 Å². The second kappa shape index (κ2) is 8.63. The van der Waals surface area contributed by atoms with Crippen LogP contribution in [0, 0.1) is 0 Å². The summed E-state index contributed by atoms with van der Waals surface area (Å²) in [5.41, 5.74) is 1.19. The second-order valence-corrected chi connectivity index (χ2v) is 4.92. The van der Waals surface area contributed by atoms with Crippen LogP contribution in [0.15, 0.2) is 61.2 Å². The average Bonchev–Trinajstić information content (AvgIpc) is 2.59. The number of anilines is 1. The van der Waals surface area contributed by atoms with Gasteiger partial charge in [0.15, 0.2) is 0 Å². The summed E-state index contributed by atoms with van der Waals surface area (Å²) in [4.78, 5) is 12.3. The number of hydrogen-bond acceptors (Lipinski definition) is 3. The Kier molecular flexibility index (Phi) is 6.24. The van der Waals surface area contributed by atoms with Crippen LogP contribution in [0.2, 0.25) is 0 Å². The molecule has 0 aliphatic rings.